The van der Waals surface area contributed by atoms with E-state index in [0.717, 1.165) is 11.1 Å². The quantitative estimate of drug-likeness (QED) is 0.381. The van der Waals surface area contributed by atoms with Gasteiger partial charge in [0, 0.05) is 16.9 Å². The highest BCUT2D eigenvalue weighted by Gasteiger charge is 2.63. The SMILES string of the molecule is C[C@]12C(=O)N(c3cccc(Cl)c3)C(=O)[C@@H]1[C@H](c1ccccc1)C=C[C@H]2c1ccccc1. The van der Waals surface area contributed by atoms with Gasteiger partial charge in [-0.05, 0) is 36.2 Å². The van der Waals surface area contributed by atoms with Crippen LogP contribution in [-0.2, 0) is 9.59 Å². The van der Waals surface area contributed by atoms with Gasteiger partial charge in [0.1, 0.15) is 0 Å². The molecule has 0 saturated carbocycles. The number of hydrogen-bond donors (Lipinski definition) is 0. The third-order valence-corrected chi connectivity index (χ3v) is 6.96. The molecule has 1 aliphatic heterocycles. The van der Waals surface area contributed by atoms with E-state index in [9.17, 15) is 9.59 Å². The van der Waals surface area contributed by atoms with Crippen molar-refractivity contribution in [3.63, 3.8) is 0 Å². The van der Waals surface area contributed by atoms with E-state index >= 15 is 0 Å². The maximum Gasteiger partial charge on any atom is 0.241 e. The normalized spacial score (nSPS) is 27.4. The van der Waals surface area contributed by atoms with Crippen LogP contribution in [0.4, 0.5) is 5.69 Å². The standard InChI is InChI=1S/C27H22ClNO2/c1-27-23(19-11-6-3-7-12-19)16-15-22(18-9-4-2-5-10-18)24(27)25(30)29(26(27)31)21-14-8-13-20(28)17-21/h2-17,22-24H,1H3/t22-,23-,24-,27+/m0/s1. The molecule has 2 amide bonds. The van der Waals surface area contributed by atoms with Gasteiger partial charge in [-0.2, -0.15) is 0 Å². The zero-order valence-corrected chi connectivity index (χ0v) is 17.9. The van der Waals surface area contributed by atoms with Crippen molar-refractivity contribution in [3.05, 3.63) is 113 Å². The Balaban J connectivity index is 1.69. The van der Waals surface area contributed by atoms with Crippen molar-refractivity contribution in [1.82, 2.24) is 0 Å². The molecule has 5 rings (SSSR count). The van der Waals surface area contributed by atoms with Gasteiger partial charge in [0.05, 0.1) is 17.0 Å². The lowest BCUT2D eigenvalue weighted by Gasteiger charge is -2.41. The molecule has 4 heteroatoms. The van der Waals surface area contributed by atoms with Gasteiger partial charge >= 0.3 is 0 Å². The maximum atomic E-state index is 14.0. The zero-order chi connectivity index (χ0) is 21.6. The first-order valence-electron chi connectivity index (χ1n) is 10.4. The summed E-state index contributed by atoms with van der Waals surface area (Å²) in [5, 5.41) is 0.496. The highest BCUT2D eigenvalue weighted by Crippen LogP contribution is 2.57. The molecule has 2 aliphatic rings. The second-order valence-corrected chi connectivity index (χ2v) is 8.87. The molecule has 1 saturated heterocycles. The first-order chi connectivity index (χ1) is 15.0. The van der Waals surface area contributed by atoms with E-state index in [1.165, 1.54) is 4.90 Å². The Hall–Kier alpha value is -3.17. The van der Waals surface area contributed by atoms with Crippen LogP contribution in [0.2, 0.25) is 5.02 Å². The highest BCUT2D eigenvalue weighted by atomic mass is 35.5. The fraction of sp³-hybridized carbons (Fsp3) is 0.185. The minimum Gasteiger partial charge on any atom is -0.274 e. The van der Waals surface area contributed by atoms with Crippen molar-refractivity contribution in [2.24, 2.45) is 11.3 Å². The largest absolute Gasteiger partial charge is 0.274 e. The van der Waals surface area contributed by atoms with E-state index < -0.39 is 11.3 Å². The lowest BCUT2D eigenvalue weighted by molar-refractivity contribution is -0.127. The van der Waals surface area contributed by atoms with E-state index in [1.807, 2.05) is 67.6 Å². The minimum atomic E-state index is -0.907. The van der Waals surface area contributed by atoms with E-state index in [2.05, 4.69) is 12.2 Å². The summed E-state index contributed by atoms with van der Waals surface area (Å²) in [6, 6.07) is 26.9. The van der Waals surface area contributed by atoms with Gasteiger partial charge < -0.3 is 0 Å². The van der Waals surface area contributed by atoms with Crippen LogP contribution < -0.4 is 4.90 Å². The van der Waals surface area contributed by atoms with Crippen LogP contribution in [0.3, 0.4) is 0 Å². The summed E-state index contributed by atoms with van der Waals surface area (Å²) in [4.78, 5) is 29.2. The summed E-state index contributed by atoms with van der Waals surface area (Å²) in [6.07, 6.45) is 4.21. The molecule has 3 aromatic rings. The number of hydrogen-bond acceptors (Lipinski definition) is 2. The van der Waals surface area contributed by atoms with Gasteiger partial charge in [0.2, 0.25) is 11.8 Å². The molecule has 4 atom stereocenters. The Labute approximate surface area is 187 Å². The number of anilines is 1. The predicted octanol–water partition coefficient (Wildman–Crippen LogP) is 5.97. The lowest BCUT2D eigenvalue weighted by atomic mass is 9.58. The molecular weight excluding hydrogens is 406 g/mol. The summed E-state index contributed by atoms with van der Waals surface area (Å²) in [6.45, 7) is 1.94. The van der Waals surface area contributed by atoms with E-state index in [-0.39, 0.29) is 23.7 Å². The first-order valence-corrected chi connectivity index (χ1v) is 10.8. The summed E-state index contributed by atoms with van der Waals surface area (Å²) in [7, 11) is 0. The Bertz CT molecular complexity index is 1170. The minimum absolute atomic E-state index is 0.172. The molecule has 0 N–H and O–H groups in total. The molecular formula is C27H22ClNO2. The van der Waals surface area contributed by atoms with Crippen molar-refractivity contribution in [2.45, 2.75) is 18.8 Å². The average molecular weight is 428 g/mol. The molecule has 1 aliphatic carbocycles. The molecule has 0 spiro atoms. The second kappa shape index (κ2) is 7.51. The molecule has 154 valence electrons. The van der Waals surface area contributed by atoms with Gasteiger partial charge in [-0.25, -0.2) is 4.90 Å². The van der Waals surface area contributed by atoms with Crippen molar-refractivity contribution >= 4 is 29.1 Å². The second-order valence-electron chi connectivity index (χ2n) is 8.43. The van der Waals surface area contributed by atoms with E-state index in [0.29, 0.717) is 10.7 Å². The number of halogens is 1. The molecule has 31 heavy (non-hydrogen) atoms. The number of rotatable bonds is 3. The molecule has 0 unspecified atom stereocenters. The third-order valence-electron chi connectivity index (χ3n) is 6.72. The number of carbonyl (C=O) groups excluding carboxylic acids is 2. The van der Waals surface area contributed by atoms with Crippen molar-refractivity contribution in [1.29, 1.82) is 0 Å². The average Bonchev–Trinajstić information content (AvgIpc) is 3.00. The Morgan fingerprint density at radius 1 is 0.806 bits per heavy atom. The first kappa shape index (κ1) is 19.8. The number of nitrogens with zero attached hydrogens (tertiary/aromatic N) is 1. The monoisotopic (exact) mass is 427 g/mol. The zero-order valence-electron chi connectivity index (χ0n) is 17.1. The molecule has 3 aromatic carbocycles. The molecule has 1 fully saturated rings. The van der Waals surface area contributed by atoms with Crippen LogP contribution in [0.15, 0.2) is 97.1 Å². The van der Waals surface area contributed by atoms with Crippen LogP contribution in [0.5, 0.6) is 0 Å². The van der Waals surface area contributed by atoms with E-state index in [4.69, 9.17) is 11.6 Å². The fourth-order valence-corrected chi connectivity index (χ4v) is 5.41. The predicted molar refractivity (Wildman–Crippen MR) is 123 cm³/mol. The van der Waals surface area contributed by atoms with Crippen LogP contribution in [0, 0.1) is 11.3 Å². The fourth-order valence-electron chi connectivity index (χ4n) is 5.22. The molecule has 1 heterocycles. The van der Waals surface area contributed by atoms with Crippen LogP contribution in [0.1, 0.15) is 29.9 Å². The summed E-state index contributed by atoms with van der Waals surface area (Å²) < 4.78 is 0. The molecule has 3 nitrogen and oxygen atoms in total. The molecule has 0 bridgehead atoms. The maximum absolute atomic E-state index is 14.0. The summed E-state index contributed by atoms with van der Waals surface area (Å²) in [5.74, 6) is -1.22. The van der Waals surface area contributed by atoms with Gasteiger partial charge in [0.15, 0.2) is 0 Å². The smallest absolute Gasteiger partial charge is 0.241 e. The Morgan fingerprint density at radius 3 is 2.10 bits per heavy atom. The van der Waals surface area contributed by atoms with Gasteiger partial charge in [-0.15, -0.1) is 0 Å². The van der Waals surface area contributed by atoms with Gasteiger partial charge in [-0.1, -0.05) is 90.5 Å². The molecule has 0 aromatic heterocycles. The lowest BCUT2D eigenvalue weighted by Crippen LogP contribution is -2.42. The van der Waals surface area contributed by atoms with Gasteiger partial charge in [0.25, 0.3) is 0 Å². The number of carbonyl (C=O) groups is 2. The summed E-state index contributed by atoms with van der Waals surface area (Å²) >= 11 is 6.19. The van der Waals surface area contributed by atoms with Crippen molar-refractivity contribution in [3.8, 4) is 0 Å². The summed E-state index contributed by atoms with van der Waals surface area (Å²) in [5.41, 5.74) is 1.69. The number of fused-ring (bicyclic) bond motifs is 1. The third kappa shape index (κ3) is 3.03. The highest BCUT2D eigenvalue weighted by molar-refractivity contribution is 6.31. The van der Waals surface area contributed by atoms with Crippen molar-refractivity contribution < 1.29 is 9.59 Å². The number of amides is 2. The van der Waals surface area contributed by atoms with Gasteiger partial charge in [-0.3, -0.25) is 9.59 Å². The van der Waals surface area contributed by atoms with Crippen LogP contribution in [-0.4, -0.2) is 11.8 Å². The topological polar surface area (TPSA) is 37.4 Å². The number of benzene rings is 3. The molecule has 0 radical (unpaired) electrons. The van der Waals surface area contributed by atoms with E-state index in [1.54, 1.807) is 24.3 Å². The Kier molecular flexibility index (Phi) is 4.79. The Morgan fingerprint density at radius 2 is 1.45 bits per heavy atom. The number of allylic oxidation sites excluding steroid dienone is 2. The van der Waals surface area contributed by atoms with Crippen LogP contribution >= 0.6 is 11.6 Å². The van der Waals surface area contributed by atoms with Crippen molar-refractivity contribution in [2.75, 3.05) is 4.90 Å². The number of imide groups is 1. The van der Waals surface area contributed by atoms with Crippen LogP contribution in [0.25, 0.3) is 0 Å².